The minimum absolute atomic E-state index is 0.262. The van der Waals surface area contributed by atoms with Crippen LogP contribution >= 0.6 is 0 Å². The summed E-state index contributed by atoms with van der Waals surface area (Å²) in [5.41, 5.74) is 2.72. The van der Waals surface area contributed by atoms with E-state index in [-0.39, 0.29) is 5.91 Å². The van der Waals surface area contributed by atoms with Gasteiger partial charge in [0.05, 0.1) is 26.1 Å². The van der Waals surface area contributed by atoms with E-state index in [1.54, 1.807) is 37.6 Å². The lowest BCUT2D eigenvalue weighted by molar-refractivity contribution is 0.102. The van der Waals surface area contributed by atoms with Gasteiger partial charge >= 0.3 is 0 Å². The number of aromatic nitrogens is 1. The fourth-order valence-electron chi connectivity index (χ4n) is 2.91. The highest BCUT2D eigenvalue weighted by atomic mass is 16.5. The number of hydrogen-bond donors (Lipinski definition) is 2. The fourth-order valence-corrected chi connectivity index (χ4v) is 2.91. The lowest BCUT2D eigenvalue weighted by atomic mass is 10.1. The summed E-state index contributed by atoms with van der Waals surface area (Å²) in [4.78, 5) is 16.8. The number of anilines is 2. The molecule has 150 valence electrons. The Bertz CT molecular complexity index is 928. The Morgan fingerprint density at radius 2 is 1.76 bits per heavy atom. The van der Waals surface area contributed by atoms with Crippen LogP contribution in [0.15, 0.2) is 66.9 Å². The zero-order valence-corrected chi connectivity index (χ0v) is 16.6. The lowest BCUT2D eigenvalue weighted by Gasteiger charge is -2.10. The van der Waals surface area contributed by atoms with Gasteiger partial charge in [0.15, 0.2) is 11.5 Å². The first-order valence-corrected chi connectivity index (χ1v) is 9.47. The molecule has 2 N–H and O–H groups in total. The largest absolute Gasteiger partial charge is 0.493 e. The maximum Gasteiger partial charge on any atom is 0.256 e. The van der Waals surface area contributed by atoms with Gasteiger partial charge in [-0.3, -0.25) is 4.79 Å². The number of nitrogens with zero attached hydrogens (tertiary/aromatic N) is 1. The average Bonchev–Trinajstić information content (AvgIpc) is 2.78. The topological polar surface area (TPSA) is 72.5 Å². The molecule has 2 aromatic carbocycles. The second-order valence-corrected chi connectivity index (χ2v) is 6.47. The quantitative estimate of drug-likeness (QED) is 0.529. The third-order valence-electron chi connectivity index (χ3n) is 4.46. The van der Waals surface area contributed by atoms with Crippen LogP contribution < -0.4 is 20.1 Å². The first-order chi connectivity index (χ1) is 14.2. The second kappa shape index (κ2) is 10.1. The number of benzene rings is 2. The van der Waals surface area contributed by atoms with Gasteiger partial charge in [-0.25, -0.2) is 4.98 Å². The molecule has 1 aromatic heterocycles. The molecule has 29 heavy (non-hydrogen) atoms. The molecule has 0 aliphatic carbocycles. The van der Waals surface area contributed by atoms with Crippen molar-refractivity contribution in [2.75, 3.05) is 31.4 Å². The van der Waals surface area contributed by atoms with E-state index in [0.29, 0.717) is 22.9 Å². The molecule has 0 fully saturated rings. The normalized spacial score (nSPS) is 10.3. The van der Waals surface area contributed by atoms with Crippen molar-refractivity contribution in [1.82, 2.24) is 4.98 Å². The molecule has 0 aliphatic heterocycles. The van der Waals surface area contributed by atoms with Gasteiger partial charge in [0, 0.05) is 12.1 Å². The van der Waals surface area contributed by atoms with E-state index >= 15 is 0 Å². The van der Waals surface area contributed by atoms with Crippen molar-refractivity contribution in [3.63, 3.8) is 0 Å². The Labute approximate surface area is 170 Å². The summed E-state index contributed by atoms with van der Waals surface area (Å²) < 4.78 is 10.4. The number of methoxy groups -OCH3 is 2. The van der Waals surface area contributed by atoms with Crippen LogP contribution in [0.25, 0.3) is 0 Å². The molecule has 6 nitrogen and oxygen atoms in total. The molecule has 0 unspecified atom stereocenters. The number of pyridine rings is 1. The molecule has 0 aliphatic rings. The molecule has 0 spiro atoms. The monoisotopic (exact) mass is 391 g/mol. The first kappa shape index (κ1) is 20.2. The van der Waals surface area contributed by atoms with E-state index in [2.05, 4.69) is 39.9 Å². The SMILES string of the molecule is COc1ccc(C(=O)Nc2ccc(NCCCc3ccccc3)cn2)cc1OC. The maximum atomic E-state index is 12.4. The average molecular weight is 391 g/mol. The summed E-state index contributed by atoms with van der Waals surface area (Å²) >= 11 is 0. The molecule has 6 heteroatoms. The van der Waals surface area contributed by atoms with E-state index in [9.17, 15) is 4.79 Å². The van der Waals surface area contributed by atoms with Crippen LogP contribution in [0.2, 0.25) is 0 Å². The molecule has 0 saturated carbocycles. The van der Waals surface area contributed by atoms with Gasteiger partial charge in [-0.15, -0.1) is 0 Å². The van der Waals surface area contributed by atoms with Gasteiger partial charge in [-0.1, -0.05) is 30.3 Å². The highest BCUT2D eigenvalue weighted by Crippen LogP contribution is 2.27. The molecule has 0 radical (unpaired) electrons. The third-order valence-corrected chi connectivity index (χ3v) is 4.46. The van der Waals surface area contributed by atoms with Crippen LogP contribution in [0.4, 0.5) is 11.5 Å². The Hall–Kier alpha value is -3.54. The summed E-state index contributed by atoms with van der Waals surface area (Å²) in [7, 11) is 3.09. The van der Waals surface area contributed by atoms with Crippen LogP contribution in [0, 0.1) is 0 Å². The van der Waals surface area contributed by atoms with Gasteiger partial charge in [0.2, 0.25) is 0 Å². The molecular weight excluding hydrogens is 366 g/mol. The number of amides is 1. The molecule has 1 heterocycles. The van der Waals surface area contributed by atoms with Crippen LogP contribution in [0.1, 0.15) is 22.3 Å². The predicted molar refractivity (Wildman–Crippen MR) is 115 cm³/mol. The van der Waals surface area contributed by atoms with Crippen molar-refractivity contribution >= 4 is 17.4 Å². The number of carbonyl (C=O) groups is 1. The van der Waals surface area contributed by atoms with E-state index in [4.69, 9.17) is 9.47 Å². The first-order valence-electron chi connectivity index (χ1n) is 9.47. The summed E-state index contributed by atoms with van der Waals surface area (Å²) in [6.45, 7) is 0.855. The molecular formula is C23H25N3O3. The van der Waals surface area contributed by atoms with Crippen LogP contribution in [-0.4, -0.2) is 31.7 Å². The Morgan fingerprint density at radius 3 is 2.45 bits per heavy atom. The Balaban J connectivity index is 1.50. The summed E-state index contributed by atoms with van der Waals surface area (Å²) in [5.74, 6) is 1.30. The van der Waals surface area contributed by atoms with Crippen molar-refractivity contribution in [3.8, 4) is 11.5 Å². The number of nitrogens with one attached hydrogen (secondary N) is 2. The van der Waals surface area contributed by atoms with E-state index in [1.165, 1.54) is 12.7 Å². The highest BCUT2D eigenvalue weighted by molar-refractivity contribution is 6.04. The number of ether oxygens (including phenoxy) is 2. The van der Waals surface area contributed by atoms with Gasteiger partial charge in [0.1, 0.15) is 5.82 Å². The standard InChI is InChI=1S/C23H25N3O3/c1-28-20-12-10-18(15-21(20)29-2)23(27)26-22-13-11-19(16-25-22)24-14-6-9-17-7-4-3-5-8-17/h3-5,7-8,10-13,15-16,24H,6,9,14H2,1-2H3,(H,25,26,27). The third kappa shape index (κ3) is 5.72. The number of carbonyl (C=O) groups excluding carboxylic acids is 1. The van der Waals surface area contributed by atoms with Crippen molar-refractivity contribution in [2.24, 2.45) is 0 Å². The number of hydrogen-bond acceptors (Lipinski definition) is 5. The Morgan fingerprint density at radius 1 is 0.966 bits per heavy atom. The molecule has 3 rings (SSSR count). The van der Waals surface area contributed by atoms with Crippen molar-refractivity contribution in [3.05, 3.63) is 78.0 Å². The molecule has 1 amide bonds. The van der Waals surface area contributed by atoms with E-state index in [0.717, 1.165) is 25.1 Å². The molecule has 0 atom stereocenters. The summed E-state index contributed by atoms with van der Waals surface area (Å²) in [5, 5.41) is 6.14. The molecule has 3 aromatic rings. The predicted octanol–water partition coefficient (Wildman–Crippen LogP) is 4.40. The van der Waals surface area contributed by atoms with Crippen LogP contribution in [0.3, 0.4) is 0 Å². The Kier molecular flexibility index (Phi) is 7.05. The van der Waals surface area contributed by atoms with Crippen LogP contribution in [-0.2, 0) is 6.42 Å². The zero-order chi connectivity index (χ0) is 20.5. The maximum absolute atomic E-state index is 12.4. The molecule has 0 bridgehead atoms. The highest BCUT2D eigenvalue weighted by Gasteiger charge is 2.11. The fraction of sp³-hybridized carbons (Fsp3) is 0.217. The van der Waals surface area contributed by atoms with Gasteiger partial charge < -0.3 is 20.1 Å². The minimum atomic E-state index is -0.262. The van der Waals surface area contributed by atoms with E-state index in [1.807, 2.05) is 12.1 Å². The second-order valence-electron chi connectivity index (χ2n) is 6.47. The van der Waals surface area contributed by atoms with E-state index < -0.39 is 0 Å². The number of aryl methyl sites for hydroxylation is 1. The van der Waals surface area contributed by atoms with Gasteiger partial charge in [-0.2, -0.15) is 0 Å². The van der Waals surface area contributed by atoms with Crippen molar-refractivity contribution in [2.45, 2.75) is 12.8 Å². The van der Waals surface area contributed by atoms with Gasteiger partial charge in [0.25, 0.3) is 5.91 Å². The molecule has 0 saturated heterocycles. The summed E-state index contributed by atoms with van der Waals surface area (Å²) in [6, 6.07) is 19.1. The number of rotatable bonds is 9. The lowest BCUT2D eigenvalue weighted by Crippen LogP contribution is -2.13. The minimum Gasteiger partial charge on any atom is -0.493 e. The van der Waals surface area contributed by atoms with Crippen molar-refractivity contribution in [1.29, 1.82) is 0 Å². The smallest absolute Gasteiger partial charge is 0.256 e. The summed E-state index contributed by atoms with van der Waals surface area (Å²) in [6.07, 6.45) is 3.77. The van der Waals surface area contributed by atoms with Crippen LogP contribution in [0.5, 0.6) is 11.5 Å². The zero-order valence-electron chi connectivity index (χ0n) is 16.6. The van der Waals surface area contributed by atoms with Gasteiger partial charge in [-0.05, 0) is 48.7 Å². The van der Waals surface area contributed by atoms with Crippen molar-refractivity contribution < 1.29 is 14.3 Å².